The van der Waals surface area contributed by atoms with Crippen molar-refractivity contribution in [2.45, 2.75) is 4.90 Å². The van der Waals surface area contributed by atoms with Crippen LogP contribution >= 0.6 is 39.1 Å². The molecule has 130 valence electrons. The van der Waals surface area contributed by atoms with Gasteiger partial charge in [-0.15, -0.1) is 0 Å². The van der Waals surface area contributed by atoms with E-state index in [0.717, 1.165) is 0 Å². The topological polar surface area (TPSA) is 65.5 Å². The van der Waals surface area contributed by atoms with Gasteiger partial charge in [-0.1, -0.05) is 39.1 Å². The van der Waals surface area contributed by atoms with E-state index in [1.54, 1.807) is 18.2 Å². The summed E-state index contributed by atoms with van der Waals surface area (Å²) in [5.41, 5.74) is 0.248. The van der Waals surface area contributed by atoms with Crippen LogP contribution < -0.4 is 8.92 Å². The van der Waals surface area contributed by atoms with Gasteiger partial charge in [0.1, 0.15) is 16.2 Å². The molecule has 0 amide bonds. The van der Waals surface area contributed by atoms with E-state index in [1.807, 2.05) is 0 Å². The first-order valence-corrected chi connectivity index (χ1v) is 9.80. The Kier molecular flexibility index (Phi) is 5.11. The zero-order chi connectivity index (χ0) is 18.2. The van der Waals surface area contributed by atoms with Crippen LogP contribution in [-0.2, 0) is 10.1 Å². The highest BCUT2D eigenvalue weighted by Gasteiger charge is 2.25. The Hall–Kier alpha value is -1.54. The SMILES string of the molecule is COc1ccc(Br)cc1S(=O)(=O)Oc1c(Cl)cc(Cl)c2cccnc12. The van der Waals surface area contributed by atoms with Gasteiger partial charge in [0.05, 0.1) is 17.2 Å². The number of benzene rings is 2. The summed E-state index contributed by atoms with van der Waals surface area (Å²) in [6.07, 6.45) is 1.49. The number of hydrogen-bond donors (Lipinski definition) is 0. The zero-order valence-electron chi connectivity index (χ0n) is 12.7. The standard InChI is InChI=1S/C16H10BrCl2NO4S/c1-23-13-5-4-9(17)7-14(13)25(21,22)24-16-12(19)8-11(18)10-3-2-6-20-15(10)16/h2-8H,1H3. The first-order valence-electron chi connectivity index (χ1n) is 6.84. The van der Waals surface area contributed by atoms with Gasteiger partial charge in [-0.05, 0) is 36.4 Å². The van der Waals surface area contributed by atoms with Crippen LogP contribution in [0.1, 0.15) is 0 Å². The number of fused-ring (bicyclic) bond motifs is 1. The van der Waals surface area contributed by atoms with E-state index in [2.05, 4.69) is 20.9 Å². The lowest BCUT2D eigenvalue weighted by molar-refractivity contribution is 0.398. The summed E-state index contributed by atoms with van der Waals surface area (Å²) >= 11 is 15.5. The van der Waals surface area contributed by atoms with Gasteiger partial charge in [0.25, 0.3) is 0 Å². The van der Waals surface area contributed by atoms with Crippen LogP contribution in [0, 0.1) is 0 Å². The van der Waals surface area contributed by atoms with E-state index in [1.165, 1.54) is 31.5 Å². The molecule has 0 saturated carbocycles. The van der Waals surface area contributed by atoms with Crippen LogP contribution in [-0.4, -0.2) is 20.5 Å². The van der Waals surface area contributed by atoms with E-state index in [4.69, 9.17) is 32.1 Å². The molecule has 1 aromatic heterocycles. The average Bonchev–Trinajstić information content (AvgIpc) is 2.58. The molecule has 0 unspecified atom stereocenters. The molecule has 25 heavy (non-hydrogen) atoms. The largest absolute Gasteiger partial charge is 0.495 e. The minimum Gasteiger partial charge on any atom is -0.495 e. The van der Waals surface area contributed by atoms with Crippen molar-refractivity contribution in [1.82, 2.24) is 4.98 Å². The molecule has 9 heteroatoms. The predicted octanol–water partition coefficient (Wildman–Crippen LogP) is 5.08. The number of hydrogen-bond acceptors (Lipinski definition) is 5. The maximum Gasteiger partial charge on any atom is 0.343 e. The molecule has 3 rings (SSSR count). The highest BCUT2D eigenvalue weighted by molar-refractivity contribution is 9.10. The Labute approximate surface area is 162 Å². The van der Waals surface area contributed by atoms with Crippen LogP contribution in [0.5, 0.6) is 11.5 Å². The van der Waals surface area contributed by atoms with Gasteiger partial charge < -0.3 is 8.92 Å². The summed E-state index contributed by atoms with van der Waals surface area (Å²) in [6, 6.07) is 9.34. The van der Waals surface area contributed by atoms with E-state index in [0.29, 0.717) is 14.9 Å². The molecule has 0 saturated heterocycles. The van der Waals surface area contributed by atoms with Crippen molar-refractivity contribution in [2.75, 3.05) is 7.11 Å². The Balaban J connectivity index is 2.18. The summed E-state index contributed by atoms with van der Waals surface area (Å²) in [4.78, 5) is 4.00. The number of pyridine rings is 1. The zero-order valence-corrected chi connectivity index (χ0v) is 16.6. The van der Waals surface area contributed by atoms with Crippen molar-refractivity contribution >= 4 is 60.2 Å². The molecule has 0 N–H and O–H groups in total. The minimum absolute atomic E-state index is 0.0359. The van der Waals surface area contributed by atoms with Crippen LogP contribution in [0.15, 0.2) is 52.0 Å². The molecular formula is C16H10BrCl2NO4S. The van der Waals surface area contributed by atoms with E-state index >= 15 is 0 Å². The van der Waals surface area contributed by atoms with Crippen LogP contribution in [0.2, 0.25) is 10.0 Å². The van der Waals surface area contributed by atoms with Gasteiger partial charge in [0.2, 0.25) is 0 Å². The van der Waals surface area contributed by atoms with Gasteiger partial charge in [0.15, 0.2) is 5.75 Å². The third-order valence-electron chi connectivity index (χ3n) is 3.34. The van der Waals surface area contributed by atoms with Crippen molar-refractivity contribution < 1.29 is 17.3 Å². The maximum atomic E-state index is 12.8. The van der Waals surface area contributed by atoms with Gasteiger partial charge >= 0.3 is 10.1 Å². The van der Waals surface area contributed by atoms with Crippen molar-refractivity contribution in [3.05, 3.63) is 57.1 Å². The fourth-order valence-electron chi connectivity index (χ4n) is 2.23. The van der Waals surface area contributed by atoms with Gasteiger partial charge in [0, 0.05) is 16.1 Å². The van der Waals surface area contributed by atoms with Crippen LogP contribution in [0.3, 0.4) is 0 Å². The van der Waals surface area contributed by atoms with Gasteiger partial charge in [-0.25, -0.2) is 0 Å². The first-order chi connectivity index (χ1) is 11.8. The lowest BCUT2D eigenvalue weighted by Gasteiger charge is -2.13. The molecule has 5 nitrogen and oxygen atoms in total. The summed E-state index contributed by atoms with van der Waals surface area (Å²) in [5.74, 6) is 0.0502. The summed E-state index contributed by atoms with van der Waals surface area (Å²) in [7, 11) is -2.86. The second-order valence-corrected chi connectivity index (χ2v) is 8.15. The molecule has 2 aromatic carbocycles. The monoisotopic (exact) mass is 461 g/mol. The molecule has 0 spiro atoms. The fraction of sp³-hybridized carbons (Fsp3) is 0.0625. The van der Waals surface area contributed by atoms with Crippen LogP contribution in [0.25, 0.3) is 10.9 Å². The number of rotatable bonds is 4. The molecule has 0 atom stereocenters. The Morgan fingerprint density at radius 3 is 2.60 bits per heavy atom. The third kappa shape index (κ3) is 3.55. The van der Waals surface area contributed by atoms with E-state index < -0.39 is 10.1 Å². The number of ether oxygens (including phenoxy) is 1. The predicted molar refractivity (Wildman–Crippen MR) is 100 cm³/mol. The van der Waals surface area contributed by atoms with Crippen molar-refractivity contribution in [1.29, 1.82) is 0 Å². The summed E-state index contributed by atoms with van der Waals surface area (Å²) in [5, 5.41) is 0.909. The Morgan fingerprint density at radius 1 is 1.12 bits per heavy atom. The highest BCUT2D eigenvalue weighted by Crippen LogP contribution is 2.39. The molecule has 0 aliphatic rings. The first kappa shape index (κ1) is 18.3. The van der Waals surface area contributed by atoms with Gasteiger partial charge in [-0.3, -0.25) is 4.98 Å². The normalized spacial score (nSPS) is 11.5. The lowest BCUT2D eigenvalue weighted by Crippen LogP contribution is -2.12. The second kappa shape index (κ2) is 6.99. The van der Waals surface area contributed by atoms with Crippen molar-refractivity contribution in [3.8, 4) is 11.5 Å². The van der Waals surface area contributed by atoms with Crippen molar-refractivity contribution in [3.63, 3.8) is 0 Å². The van der Waals surface area contributed by atoms with E-state index in [-0.39, 0.29) is 26.9 Å². The van der Waals surface area contributed by atoms with Crippen LogP contribution in [0.4, 0.5) is 0 Å². The average molecular weight is 463 g/mol. The summed E-state index contributed by atoms with van der Waals surface area (Å²) in [6.45, 7) is 0. The van der Waals surface area contributed by atoms with E-state index in [9.17, 15) is 8.42 Å². The third-order valence-corrected chi connectivity index (χ3v) is 5.67. The second-order valence-electron chi connectivity index (χ2n) is 4.90. The Bertz CT molecular complexity index is 1070. The number of aromatic nitrogens is 1. The molecule has 3 aromatic rings. The molecule has 0 aliphatic heterocycles. The maximum absolute atomic E-state index is 12.8. The molecule has 0 aliphatic carbocycles. The van der Waals surface area contributed by atoms with Crippen molar-refractivity contribution in [2.24, 2.45) is 0 Å². The minimum atomic E-state index is -4.23. The number of halogens is 3. The molecule has 0 radical (unpaired) electrons. The quantitative estimate of drug-likeness (QED) is 0.505. The smallest absolute Gasteiger partial charge is 0.343 e. The molecule has 0 fully saturated rings. The van der Waals surface area contributed by atoms with Gasteiger partial charge in [-0.2, -0.15) is 8.42 Å². The number of nitrogens with zero attached hydrogens (tertiary/aromatic N) is 1. The molecular weight excluding hydrogens is 453 g/mol. The highest BCUT2D eigenvalue weighted by atomic mass is 79.9. The molecule has 1 heterocycles. The molecule has 0 bridgehead atoms. The lowest BCUT2D eigenvalue weighted by atomic mass is 10.2. The fourth-order valence-corrected chi connectivity index (χ4v) is 4.49. The number of methoxy groups -OCH3 is 1. The Morgan fingerprint density at radius 2 is 1.88 bits per heavy atom. The summed E-state index contributed by atoms with van der Waals surface area (Å²) < 4.78 is 36.5.